The molecule has 2 nitrogen and oxygen atoms in total. The molecule has 1 atom stereocenters. The van der Waals surface area contributed by atoms with Crippen LogP contribution in [0, 0.1) is 3.57 Å². The predicted octanol–water partition coefficient (Wildman–Crippen LogP) is 2.20. The second-order valence-electron chi connectivity index (χ2n) is 2.82. The number of hydrogen-bond donors (Lipinski definition) is 1. The highest BCUT2D eigenvalue weighted by Crippen LogP contribution is 2.19. The lowest BCUT2D eigenvalue weighted by Gasteiger charge is -2.16. The smallest absolute Gasteiger partial charge is 0.0657 e. The maximum Gasteiger partial charge on any atom is 0.0657 e. The van der Waals surface area contributed by atoms with E-state index in [4.69, 9.17) is 4.74 Å². The van der Waals surface area contributed by atoms with E-state index >= 15 is 0 Å². The number of likely N-dealkylation sites (N-methyl/N-ethyl adjacent to an activating group) is 1. The van der Waals surface area contributed by atoms with Crippen molar-refractivity contribution in [3.63, 3.8) is 0 Å². The normalized spacial score (nSPS) is 12.8. The summed E-state index contributed by atoms with van der Waals surface area (Å²) in [5.74, 6) is 0. The van der Waals surface area contributed by atoms with Gasteiger partial charge in [-0.05, 0) is 41.3 Å². The first-order valence-electron chi connectivity index (χ1n) is 4.20. The van der Waals surface area contributed by atoms with Crippen LogP contribution in [-0.2, 0) is 4.74 Å². The fraction of sp³-hybridized carbons (Fsp3) is 0.400. The minimum atomic E-state index is 0.290. The highest BCUT2D eigenvalue weighted by atomic mass is 127. The lowest BCUT2D eigenvalue weighted by Crippen LogP contribution is -2.21. The Kier molecular flexibility index (Phi) is 4.69. The van der Waals surface area contributed by atoms with Crippen LogP contribution in [0.5, 0.6) is 0 Å². The molecule has 3 heteroatoms. The molecule has 13 heavy (non-hydrogen) atoms. The largest absolute Gasteiger partial charge is 0.383 e. The van der Waals surface area contributed by atoms with Crippen LogP contribution < -0.4 is 5.32 Å². The van der Waals surface area contributed by atoms with Gasteiger partial charge >= 0.3 is 0 Å². The zero-order valence-electron chi connectivity index (χ0n) is 7.88. The highest BCUT2D eigenvalue weighted by Gasteiger charge is 2.10. The second-order valence-corrected chi connectivity index (χ2v) is 3.98. The van der Waals surface area contributed by atoms with E-state index in [1.807, 2.05) is 13.1 Å². The summed E-state index contributed by atoms with van der Waals surface area (Å²) in [4.78, 5) is 0. The van der Waals surface area contributed by atoms with Crippen LogP contribution in [0.2, 0.25) is 0 Å². The lowest BCUT2D eigenvalue weighted by molar-refractivity contribution is 0.170. The van der Waals surface area contributed by atoms with Crippen molar-refractivity contribution in [2.75, 3.05) is 20.8 Å². The van der Waals surface area contributed by atoms with Gasteiger partial charge in [-0.15, -0.1) is 0 Å². The summed E-state index contributed by atoms with van der Waals surface area (Å²) < 4.78 is 6.41. The van der Waals surface area contributed by atoms with Gasteiger partial charge < -0.3 is 10.1 Å². The van der Waals surface area contributed by atoms with Gasteiger partial charge in [0.1, 0.15) is 0 Å². The number of nitrogens with one attached hydrogen (secondary N) is 1. The van der Waals surface area contributed by atoms with Crippen molar-refractivity contribution in [3.05, 3.63) is 33.4 Å². The van der Waals surface area contributed by atoms with E-state index in [-0.39, 0.29) is 6.04 Å². The first-order chi connectivity index (χ1) is 6.29. The van der Waals surface area contributed by atoms with Crippen LogP contribution in [0.15, 0.2) is 24.3 Å². The zero-order chi connectivity index (χ0) is 9.68. The average Bonchev–Trinajstić information content (AvgIpc) is 2.16. The van der Waals surface area contributed by atoms with Crippen LogP contribution in [0.1, 0.15) is 11.6 Å². The number of halogens is 1. The molecule has 0 heterocycles. The van der Waals surface area contributed by atoms with Gasteiger partial charge in [0, 0.05) is 10.7 Å². The molecule has 72 valence electrons. The Bertz CT molecular complexity index is 265. The molecule has 1 N–H and O–H groups in total. The maximum atomic E-state index is 5.14. The zero-order valence-corrected chi connectivity index (χ0v) is 10.0. The third-order valence-electron chi connectivity index (χ3n) is 1.96. The minimum absolute atomic E-state index is 0.290. The fourth-order valence-electron chi connectivity index (χ4n) is 1.25. The Hall–Kier alpha value is -0.130. The quantitative estimate of drug-likeness (QED) is 0.859. The van der Waals surface area contributed by atoms with Crippen LogP contribution in [0.3, 0.4) is 0 Å². The van der Waals surface area contributed by atoms with Crippen molar-refractivity contribution in [2.45, 2.75) is 6.04 Å². The molecule has 0 amide bonds. The Morgan fingerprint density at radius 1 is 1.46 bits per heavy atom. The van der Waals surface area contributed by atoms with E-state index in [1.54, 1.807) is 7.11 Å². The van der Waals surface area contributed by atoms with Gasteiger partial charge in [-0.25, -0.2) is 0 Å². The van der Waals surface area contributed by atoms with E-state index in [0.29, 0.717) is 6.61 Å². The first-order valence-corrected chi connectivity index (χ1v) is 5.28. The van der Waals surface area contributed by atoms with Crippen molar-refractivity contribution < 1.29 is 4.74 Å². The van der Waals surface area contributed by atoms with Gasteiger partial charge in [0.2, 0.25) is 0 Å². The topological polar surface area (TPSA) is 21.3 Å². The molecule has 0 spiro atoms. The first kappa shape index (κ1) is 10.9. The second kappa shape index (κ2) is 5.57. The van der Waals surface area contributed by atoms with E-state index in [1.165, 1.54) is 9.13 Å². The van der Waals surface area contributed by atoms with Gasteiger partial charge in [-0.2, -0.15) is 0 Å². The van der Waals surface area contributed by atoms with Crippen molar-refractivity contribution >= 4 is 22.6 Å². The summed E-state index contributed by atoms with van der Waals surface area (Å²) in [6.07, 6.45) is 0. The minimum Gasteiger partial charge on any atom is -0.383 e. The molecule has 0 saturated carbocycles. The predicted molar refractivity (Wildman–Crippen MR) is 62.8 cm³/mol. The SMILES string of the molecule is CNC(COC)c1ccccc1I. The van der Waals surface area contributed by atoms with Gasteiger partial charge in [0.15, 0.2) is 0 Å². The summed E-state index contributed by atoms with van der Waals surface area (Å²) in [6.45, 7) is 0.705. The molecule has 0 saturated heterocycles. The number of ether oxygens (including phenoxy) is 1. The van der Waals surface area contributed by atoms with Crippen molar-refractivity contribution in [1.29, 1.82) is 0 Å². The molecule has 0 bridgehead atoms. The lowest BCUT2D eigenvalue weighted by atomic mass is 10.1. The van der Waals surface area contributed by atoms with Gasteiger partial charge in [0.25, 0.3) is 0 Å². The monoisotopic (exact) mass is 291 g/mol. The molecule has 0 fully saturated rings. The Balaban J connectivity index is 2.84. The molecule has 0 radical (unpaired) electrons. The summed E-state index contributed by atoms with van der Waals surface area (Å²) in [7, 11) is 3.67. The third-order valence-corrected chi connectivity index (χ3v) is 2.94. The van der Waals surface area contributed by atoms with E-state index < -0.39 is 0 Å². The standard InChI is InChI=1S/C10H14INO/c1-12-10(7-13-2)8-5-3-4-6-9(8)11/h3-6,10,12H,7H2,1-2H3. The molecule has 0 aliphatic heterocycles. The molecule has 1 aromatic rings. The molecular weight excluding hydrogens is 277 g/mol. The van der Waals surface area contributed by atoms with Crippen molar-refractivity contribution in [1.82, 2.24) is 5.32 Å². The highest BCUT2D eigenvalue weighted by molar-refractivity contribution is 14.1. The van der Waals surface area contributed by atoms with Crippen molar-refractivity contribution in [2.24, 2.45) is 0 Å². The maximum absolute atomic E-state index is 5.14. The fourth-order valence-corrected chi connectivity index (χ4v) is 2.02. The molecule has 0 aliphatic carbocycles. The van der Waals surface area contributed by atoms with Crippen molar-refractivity contribution in [3.8, 4) is 0 Å². The van der Waals surface area contributed by atoms with Gasteiger partial charge in [0.05, 0.1) is 12.6 Å². The van der Waals surface area contributed by atoms with E-state index in [9.17, 15) is 0 Å². The van der Waals surface area contributed by atoms with Crippen LogP contribution in [-0.4, -0.2) is 20.8 Å². The number of methoxy groups -OCH3 is 1. The average molecular weight is 291 g/mol. The summed E-state index contributed by atoms with van der Waals surface area (Å²) in [5, 5.41) is 3.23. The molecule has 0 aliphatic rings. The van der Waals surface area contributed by atoms with Crippen LogP contribution in [0.4, 0.5) is 0 Å². The molecular formula is C10H14INO. The summed E-state index contributed by atoms with van der Waals surface area (Å²) in [6, 6.07) is 8.62. The molecule has 1 rings (SSSR count). The molecule has 1 unspecified atom stereocenters. The third kappa shape index (κ3) is 2.93. The summed E-state index contributed by atoms with van der Waals surface area (Å²) >= 11 is 2.34. The van der Waals surface area contributed by atoms with Crippen LogP contribution in [0.25, 0.3) is 0 Å². The molecule has 1 aromatic carbocycles. The van der Waals surface area contributed by atoms with E-state index in [0.717, 1.165) is 0 Å². The van der Waals surface area contributed by atoms with Gasteiger partial charge in [-0.3, -0.25) is 0 Å². The van der Waals surface area contributed by atoms with E-state index in [2.05, 4.69) is 46.1 Å². The number of rotatable bonds is 4. The van der Waals surface area contributed by atoms with Gasteiger partial charge in [-0.1, -0.05) is 18.2 Å². The summed E-state index contributed by atoms with van der Waals surface area (Å²) in [5.41, 5.74) is 1.30. The number of hydrogen-bond acceptors (Lipinski definition) is 2. The van der Waals surface area contributed by atoms with Crippen LogP contribution >= 0.6 is 22.6 Å². The molecule has 0 aromatic heterocycles. The Morgan fingerprint density at radius 3 is 2.69 bits per heavy atom. The number of benzene rings is 1. The Labute approximate surface area is 92.8 Å². The Morgan fingerprint density at radius 2 is 2.15 bits per heavy atom.